The molecule has 0 spiro atoms. The standard InChI is InChI=1S/C9H11ClN2.C9H9ClN2/c2*10-7-3-1-6-12-9(7)8-4-2-5-11-8/h1,3,6,8,11H,2,4-5H2;1,3,6H,2,4-5H2. The fraction of sp³-hybridized carbons (Fsp3) is 0.389. The van der Waals surface area contributed by atoms with Crippen LogP contribution >= 0.6 is 23.2 Å². The van der Waals surface area contributed by atoms with Crippen LogP contribution in [-0.4, -0.2) is 28.8 Å². The van der Waals surface area contributed by atoms with Gasteiger partial charge in [-0.2, -0.15) is 0 Å². The Bertz CT molecular complexity index is 712. The van der Waals surface area contributed by atoms with Crippen LogP contribution in [0.2, 0.25) is 10.0 Å². The first-order valence-corrected chi connectivity index (χ1v) is 8.99. The molecule has 126 valence electrons. The van der Waals surface area contributed by atoms with E-state index in [1.807, 2.05) is 24.3 Å². The molecule has 1 atom stereocenters. The fourth-order valence-electron chi connectivity index (χ4n) is 2.90. The second kappa shape index (κ2) is 8.56. The summed E-state index contributed by atoms with van der Waals surface area (Å²) in [7, 11) is 0. The number of pyridine rings is 2. The molecule has 6 heteroatoms. The van der Waals surface area contributed by atoms with Crippen LogP contribution in [0.3, 0.4) is 0 Å². The van der Waals surface area contributed by atoms with Gasteiger partial charge in [0.05, 0.1) is 27.5 Å². The van der Waals surface area contributed by atoms with E-state index in [0.717, 1.165) is 54.5 Å². The number of aromatic nitrogens is 2. The van der Waals surface area contributed by atoms with Crippen molar-refractivity contribution in [2.24, 2.45) is 4.99 Å². The summed E-state index contributed by atoms with van der Waals surface area (Å²) in [5.74, 6) is 0. The van der Waals surface area contributed by atoms with Crippen LogP contribution < -0.4 is 5.32 Å². The third-order valence-corrected chi connectivity index (χ3v) is 4.71. The molecule has 4 rings (SSSR count). The van der Waals surface area contributed by atoms with Crippen molar-refractivity contribution in [3.05, 3.63) is 58.1 Å². The van der Waals surface area contributed by atoms with Crippen molar-refractivity contribution in [2.45, 2.75) is 31.7 Å². The zero-order valence-corrected chi connectivity index (χ0v) is 14.9. The Morgan fingerprint density at radius 2 is 1.79 bits per heavy atom. The van der Waals surface area contributed by atoms with Gasteiger partial charge in [0.15, 0.2) is 0 Å². The van der Waals surface area contributed by atoms with E-state index in [1.54, 1.807) is 12.4 Å². The van der Waals surface area contributed by atoms with Gasteiger partial charge in [-0.25, -0.2) is 0 Å². The molecule has 2 aliphatic rings. The molecular weight excluding hydrogens is 343 g/mol. The summed E-state index contributed by atoms with van der Waals surface area (Å²) in [4.78, 5) is 12.8. The highest BCUT2D eigenvalue weighted by Crippen LogP contribution is 2.26. The van der Waals surface area contributed by atoms with Crippen LogP contribution in [0, 0.1) is 0 Å². The second-order valence-corrected chi connectivity index (χ2v) is 6.60. The van der Waals surface area contributed by atoms with E-state index in [9.17, 15) is 0 Å². The van der Waals surface area contributed by atoms with Crippen LogP contribution in [0.25, 0.3) is 0 Å². The van der Waals surface area contributed by atoms with Crippen molar-refractivity contribution in [3.63, 3.8) is 0 Å². The van der Waals surface area contributed by atoms with E-state index in [1.165, 1.54) is 6.42 Å². The minimum Gasteiger partial charge on any atom is -0.309 e. The van der Waals surface area contributed by atoms with Gasteiger partial charge < -0.3 is 5.32 Å². The zero-order chi connectivity index (χ0) is 16.8. The smallest absolute Gasteiger partial charge is 0.103 e. The Labute approximate surface area is 152 Å². The molecule has 0 aromatic carbocycles. The highest BCUT2D eigenvalue weighted by Gasteiger charge is 2.19. The number of hydrogen-bond acceptors (Lipinski definition) is 4. The fourth-order valence-corrected chi connectivity index (χ4v) is 3.39. The van der Waals surface area contributed by atoms with E-state index in [0.29, 0.717) is 11.1 Å². The Morgan fingerprint density at radius 3 is 2.42 bits per heavy atom. The minimum atomic E-state index is 0.374. The number of nitrogens with zero attached hydrogens (tertiary/aromatic N) is 3. The number of halogens is 2. The van der Waals surface area contributed by atoms with E-state index in [-0.39, 0.29) is 0 Å². The third kappa shape index (κ3) is 4.32. The number of rotatable bonds is 2. The van der Waals surface area contributed by atoms with E-state index >= 15 is 0 Å². The monoisotopic (exact) mass is 362 g/mol. The van der Waals surface area contributed by atoms with Crippen molar-refractivity contribution >= 4 is 28.9 Å². The average Bonchev–Trinajstić information content (AvgIpc) is 3.30. The zero-order valence-electron chi connectivity index (χ0n) is 13.4. The molecule has 4 nitrogen and oxygen atoms in total. The van der Waals surface area contributed by atoms with Crippen molar-refractivity contribution in [1.82, 2.24) is 15.3 Å². The van der Waals surface area contributed by atoms with Crippen LogP contribution in [0.4, 0.5) is 0 Å². The minimum absolute atomic E-state index is 0.374. The van der Waals surface area contributed by atoms with Crippen molar-refractivity contribution < 1.29 is 0 Å². The van der Waals surface area contributed by atoms with Gasteiger partial charge in [-0.15, -0.1) is 0 Å². The number of aliphatic imine (C=N–C) groups is 1. The highest BCUT2D eigenvalue weighted by molar-refractivity contribution is 6.34. The van der Waals surface area contributed by atoms with Gasteiger partial charge in [0.25, 0.3) is 0 Å². The average molecular weight is 363 g/mol. The second-order valence-electron chi connectivity index (χ2n) is 5.79. The first kappa shape index (κ1) is 17.3. The van der Waals surface area contributed by atoms with Crippen molar-refractivity contribution in [3.8, 4) is 0 Å². The SMILES string of the molecule is Clc1cccnc1C1=NCCC1.Clc1cccnc1C1CCCN1. The van der Waals surface area contributed by atoms with Gasteiger partial charge in [0.1, 0.15) is 5.69 Å². The molecule has 0 saturated carbocycles. The summed E-state index contributed by atoms with van der Waals surface area (Å²) >= 11 is 12.0. The van der Waals surface area contributed by atoms with Gasteiger partial charge in [-0.1, -0.05) is 23.2 Å². The molecule has 24 heavy (non-hydrogen) atoms. The molecule has 2 aromatic rings. The molecule has 0 aliphatic carbocycles. The summed E-state index contributed by atoms with van der Waals surface area (Å²) in [5, 5.41) is 4.85. The molecule has 2 aromatic heterocycles. The maximum Gasteiger partial charge on any atom is 0.103 e. The van der Waals surface area contributed by atoms with Crippen LogP contribution in [-0.2, 0) is 0 Å². The molecule has 0 radical (unpaired) electrons. The first-order valence-electron chi connectivity index (χ1n) is 8.23. The molecule has 4 heterocycles. The van der Waals surface area contributed by atoms with Crippen molar-refractivity contribution in [1.29, 1.82) is 0 Å². The van der Waals surface area contributed by atoms with Gasteiger partial charge in [0.2, 0.25) is 0 Å². The van der Waals surface area contributed by atoms with Gasteiger partial charge in [0, 0.05) is 18.9 Å². The lowest BCUT2D eigenvalue weighted by atomic mass is 10.1. The molecule has 1 unspecified atom stereocenters. The van der Waals surface area contributed by atoms with Crippen LogP contribution in [0.1, 0.15) is 43.1 Å². The Hall–Kier alpha value is -1.49. The molecule has 1 saturated heterocycles. The molecule has 2 aliphatic heterocycles. The lowest BCUT2D eigenvalue weighted by Crippen LogP contribution is -2.14. The molecular formula is C18H20Cl2N4. The van der Waals surface area contributed by atoms with Gasteiger partial charge >= 0.3 is 0 Å². The van der Waals surface area contributed by atoms with E-state index < -0.39 is 0 Å². The Balaban J connectivity index is 0.000000141. The lowest BCUT2D eigenvalue weighted by molar-refractivity contribution is 0.628. The maximum absolute atomic E-state index is 6.00. The summed E-state index contributed by atoms with van der Waals surface area (Å²) in [6.45, 7) is 2.00. The lowest BCUT2D eigenvalue weighted by Gasteiger charge is -2.09. The normalized spacial score (nSPS) is 19.6. The van der Waals surface area contributed by atoms with E-state index in [4.69, 9.17) is 23.2 Å². The van der Waals surface area contributed by atoms with Crippen molar-refractivity contribution in [2.75, 3.05) is 13.1 Å². The van der Waals surface area contributed by atoms with Gasteiger partial charge in [-0.3, -0.25) is 15.0 Å². The summed E-state index contributed by atoms with van der Waals surface area (Å²) < 4.78 is 0. The number of hydrogen-bond donors (Lipinski definition) is 1. The Kier molecular flexibility index (Phi) is 6.18. The highest BCUT2D eigenvalue weighted by atomic mass is 35.5. The third-order valence-electron chi connectivity index (χ3n) is 4.08. The largest absolute Gasteiger partial charge is 0.309 e. The summed E-state index contributed by atoms with van der Waals surface area (Å²) in [6.07, 6.45) is 8.05. The Morgan fingerprint density at radius 1 is 1.00 bits per heavy atom. The first-order chi connectivity index (χ1) is 11.8. The van der Waals surface area contributed by atoms with Gasteiger partial charge in [-0.05, 0) is 56.5 Å². The summed E-state index contributed by atoms with van der Waals surface area (Å²) in [6, 6.07) is 7.82. The molecule has 0 amide bonds. The quantitative estimate of drug-likeness (QED) is 0.856. The molecule has 0 bridgehead atoms. The van der Waals surface area contributed by atoms with Crippen LogP contribution in [0.15, 0.2) is 41.7 Å². The summed E-state index contributed by atoms with van der Waals surface area (Å²) in [5.41, 5.74) is 2.91. The topological polar surface area (TPSA) is 50.2 Å². The molecule has 1 N–H and O–H groups in total. The predicted molar refractivity (Wildman–Crippen MR) is 99.1 cm³/mol. The predicted octanol–water partition coefficient (Wildman–Crippen LogP) is 4.48. The number of nitrogens with one attached hydrogen (secondary N) is 1. The molecule has 1 fully saturated rings. The van der Waals surface area contributed by atoms with E-state index in [2.05, 4.69) is 20.3 Å². The maximum atomic E-state index is 6.00. The van der Waals surface area contributed by atoms with Crippen LogP contribution in [0.5, 0.6) is 0 Å².